The van der Waals surface area contributed by atoms with Gasteiger partial charge in [0.1, 0.15) is 18.8 Å². The normalized spacial score (nSPS) is 46.0. The highest BCUT2D eigenvalue weighted by atomic mass is 16.7. The maximum Gasteiger partial charge on any atom is 0.311 e. The molecule has 0 bridgehead atoms. The van der Waals surface area contributed by atoms with E-state index < -0.39 is 65.5 Å². The number of aliphatic hydroxyl groups is 1. The SMILES string of the molecule is COC(=O)[C@@]1(C)CC[C@]2(C)CC[C@]3(C)C(=CC(=O)[C@@H]4[C@@]5(C)CC[C@H](O[C@H]6O[C@H](COC(C)=O)[C@H](OC(C)=O)[C@H](OC(C)=O)[C@H]6O)C(C)(C)[C@@H]5CC[C@]43C)[C@H]2C1. The van der Waals surface area contributed by atoms with E-state index in [1.165, 1.54) is 33.5 Å². The lowest BCUT2D eigenvalue weighted by molar-refractivity contribution is -0.331. The van der Waals surface area contributed by atoms with Crippen LogP contribution in [0.25, 0.3) is 0 Å². The van der Waals surface area contributed by atoms with E-state index in [-0.39, 0.29) is 57.8 Å². The molecule has 0 spiro atoms. The zero-order valence-electron chi connectivity index (χ0n) is 34.8. The fourth-order valence-corrected chi connectivity index (χ4v) is 13.0. The van der Waals surface area contributed by atoms with Crippen molar-refractivity contribution in [2.45, 2.75) is 164 Å². The molecule has 0 unspecified atom stereocenters. The standard InChI is InChI=1S/C43H64O12/c1-23(44)51-22-29-33(52-24(2)45)34(53-25(3)46)32(48)36(54-29)55-31-13-14-41(8)30(38(31,4)5)12-15-43(10)35(41)28(47)20-26-27-21-40(7,37(49)50-11)17-16-39(27,6)18-19-42(26,43)9/h20,27,29-36,48H,12-19,21-22H2,1-11H3/t27-,29-,30+,31+,32-,33+,34-,35-,36-,39-,40+,41+,42-,43-/m1/s1. The minimum Gasteiger partial charge on any atom is -0.469 e. The molecule has 0 aromatic rings. The van der Waals surface area contributed by atoms with Crippen LogP contribution in [0, 0.1) is 50.2 Å². The summed E-state index contributed by atoms with van der Waals surface area (Å²) in [6, 6.07) is 0. The van der Waals surface area contributed by atoms with Crippen LogP contribution in [0.2, 0.25) is 0 Å². The van der Waals surface area contributed by atoms with E-state index in [9.17, 15) is 29.1 Å². The Morgan fingerprint density at radius 1 is 0.836 bits per heavy atom. The summed E-state index contributed by atoms with van der Waals surface area (Å²) >= 11 is 0. The summed E-state index contributed by atoms with van der Waals surface area (Å²) in [5.41, 5.74) is -0.655. The summed E-state index contributed by atoms with van der Waals surface area (Å²) in [7, 11) is 1.47. The molecule has 1 saturated heterocycles. The van der Waals surface area contributed by atoms with Crippen molar-refractivity contribution in [2.75, 3.05) is 13.7 Å². The summed E-state index contributed by atoms with van der Waals surface area (Å²) in [6.45, 7) is 19.1. The first-order valence-corrected chi connectivity index (χ1v) is 20.3. The lowest BCUT2D eigenvalue weighted by atomic mass is 9.33. The number of fused-ring (bicyclic) bond motifs is 7. The molecule has 5 fully saturated rings. The Labute approximate surface area is 326 Å². The van der Waals surface area contributed by atoms with Crippen molar-refractivity contribution in [2.24, 2.45) is 50.2 Å². The van der Waals surface area contributed by atoms with E-state index in [0.29, 0.717) is 19.3 Å². The van der Waals surface area contributed by atoms with Crippen LogP contribution in [-0.4, -0.2) is 85.3 Å². The van der Waals surface area contributed by atoms with Gasteiger partial charge in [-0.3, -0.25) is 24.0 Å². The Bertz CT molecular complexity index is 1620. The zero-order chi connectivity index (χ0) is 40.7. The molecule has 12 heteroatoms. The van der Waals surface area contributed by atoms with E-state index in [1.54, 1.807) is 0 Å². The largest absolute Gasteiger partial charge is 0.469 e. The fourth-order valence-electron chi connectivity index (χ4n) is 13.0. The minimum atomic E-state index is -1.51. The maximum absolute atomic E-state index is 14.9. The molecule has 308 valence electrons. The van der Waals surface area contributed by atoms with Gasteiger partial charge in [-0.15, -0.1) is 0 Å². The van der Waals surface area contributed by atoms with Gasteiger partial charge in [-0.25, -0.2) is 0 Å². The van der Waals surface area contributed by atoms with E-state index in [4.69, 9.17) is 28.4 Å². The van der Waals surface area contributed by atoms with Gasteiger partial charge in [0, 0.05) is 26.7 Å². The number of rotatable bonds is 7. The van der Waals surface area contributed by atoms with Crippen LogP contribution < -0.4 is 0 Å². The monoisotopic (exact) mass is 772 g/mol. The molecule has 4 saturated carbocycles. The number of allylic oxidation sites excluding steroid dienone is 2. The predicted molar refractivity (Wildman–Crippen MR) is 199 cm³/mol. The molecule has 12 nitrogen and oxygen atoms in total. The fraction of sp³-hybridized carbons (Fsp3) is 0.837. The van der Waals surface area contributed by atoms with Crippen LogP contribution in [-0.2, 0) is 52.4 Å². The molecule has 1 N–H and O–H groups in total. The number of aliphatic hydroxyl groups excluding tert-OH is 1. The van der Waals surface area contributed by atoms with Gasteiger partial charge in [0.15, 0.2) is 24.3 Å². The van der Waals surface area contributed by atoms with E-state index in [2.05, 4.69) is 41.5 Å². The molecule has 0 radical (unpaired) electrons. The molecular weight excluding hydrogens is 708 g/mol. The second-order valence-electron chi connectivity index (χ2n) is 19.7. The number of ether oxygens (including phenoxy) is 6. The first-order chi connectivity index (χ1) is 25.5. The summed E-state index contributed by atoms with van der Waals surface area (Å²) < 4.78 is 34.4. The van der Waals surface area contributed by atoms with Crippen molar-refractivity contribution >= 4 is 29.7 Å². The van der Waals surface area contributed by atoms with Crippen LogP contribution in [0.1, 0.15) is 127 Å². The number of hydrogen-bond acceptors (Lipinski definition) is 12. The Balaban J connectivity index is 1.29. The Morgan fingerprint density at radius 2 is 1.47 bits per heavy atom. The molecule has 1 aliphatic heterocycles. The lowest BCUT2D eigenvalue weighted by Gasteiger charge is -2.70. The Kier molecular flexibility index (Phi) is 10.8. The third kappa shape index (κ3) is 6.67. The number of carbonyl (C=O) groups excluding carboxylic acids is 5. The number of carbonyl (C=O) groups is 5. The van der Waals surface area contributed by atoms with Gasteiger partial charge in [0.05, 0.1) is 18.6 Å². The van der Waals surface area contributed by atoms with Crippen molar-refractivity contribution in [3.63, 3.8) is 0 Å². The van der Waals surface area contributed by atoms with Crippen LogP contribution in [0.4, 0.5) is 0 Å². The second kappa shape index (κ2) is 14.2. The van der Waals surface area contributed by atoms with Crippen LogP contribution in [0.5, 0.6) is 0 Å². The highest BCUT2D eigenvalue weighted by Crippen LogP contribution is 2.75. The molecule has 0 amide bonds. The van der Waals surface area contributed by atoms with Gasteiger partial charge in [0.2, 0.25) is 0 Å². The molecular formula is C43H64O12. The lowest BCUT2D eigenvalue weighted by Crippen LogP contribution is -2.67. The Hall–Kier alpha value is -2.83. The molecule has 14 atom stereocenters. The molecule has 0 aromatic carbocycles. The average molecular weight is 773 g/mol. The van der Waals surface area contributed by atoms with Crippen LogP contribution >= 0.6 is 0 Å². The summed E-state index contributed by atoms with van der Waals surface area (Å²) in [4.78, 5) is 64.0. The van der Waals surface area contributed by atoms with E-state index >= 15 is 0 Å². The Morgan fingerprint density at radius 3 is 2.09 bits per heavy atom. The van der Waals surface area contributed by atoms with Crippen molar-refractivity contribution in [1.82, 2.24) is 0 Å². The van der Waals surface area contributed by atoms with Crippen molar-refractivity contribution in [3.05, 3.63) is 11.6 Å². The molecule has 55 heavy (non-hydrogen) atoms. The minimum absolute atomic E-state index is 0.0243. The van der Waals surface area contributed by atoms with Gasteiger partial charge < -0.3 is 33.5 Å². The molecule has 6 aliphatic rings. The number of methoxy groups -OCH3 is 1. The number of esters is 4. The van der Waals surface area contributed by atoms with Crippen LogP contribution in [0.15, 0.2) is 11.6 Å². The zero-order valence-corrected chi connectivity index (χ0v) is 34.8. The van der Waals surface area contributed by atoms with Crippen molar-refractivity contribution in [1.29, 1.82) is 0 Å². The molecule has 1 heterocycles. The molecule has 5 aliphatic carbocycles. The van der Waals surface area contributed by atoms with Gasteiger partial charge in [0.25, 0.3) is 0 Å². The molecule has 6 rings (SSSR count). The van der Waals surface area contributed by atoms with Crippen molar-refractivity contribution in [3.8, 4) is 0 Å². The van der Waals surface area contributed by atoms with Gasteiger partial charge >= 0.3 is 23.9 Å². The third-order valence-corrected chi connectivity index (χ3v) is 16.2. The second-order valence-corrected chi connectivity index (χ2v) is 19.7. The average Bonchev–Trinajstić information content (AvgIpc) is 3.08. The first kappa shape index (κ1) is 41.8. The summed E-state index contributed by atoms with van der Waals surface area (Å²) in [5.74, 6) is -1.94. The van der Waals surface area contributed by atoms with E-state index in [0.717, 1.165) is 38.5 Å². The van der Waals surface area contributed by atoms with Gasteiger partial charge in [-0.05, 0) is 110 Å². The topological polar surface area (TPSA) is 161 Å². The molecule has 0 aromatic heterocycles. The van der Waals surface area contributed by atoms with Gasteiger partial charge in [-0.2, -0.15) is 0 Å². The maximum atomic E-state index is 14.9. The number of ketones is 1. The number of hydrogen-bond donors (Lipinski definition) is 1. The third-order valence-electron chi connectivity index (χ3n) is 16.2. The first-order valence-electron chi connectivity index (χ1n) is 20.3. The van der Waals surface area contributed by atoms with Crippen LogP contribution in [0.3, 0.4) is 0 Å². The van der Waals surface area contributed by atoms with Crippen molar-refractivity contribution < 1.29 is 57.5 Å². The van der Waals surface area contributed by atoms with E-state index in [1.807, 2.05) is 13.0 Å². The predicted octanol–water partition coefficient (Wildman–Crippen LogP) is 6.04. The van der Waals surface area contributed by atoms with Gasteiger partial charge in [-0.1, -0.05) is 47.1 Å². The summed E-state index contributed by atoms with van der Waals surface area (Å²) in [6.07, 6.45) is 2.62. The smallest absolute Gasteiger partial charge is 0.311 e. The highest BCUT2D eigenvalue weighted by molar-refractivity contribution is 5.95. The highest BCUT2D eigenvalue weighted by Gasteiger charge is 2.70. The quantitative estimate of drug-likeness (QED) is 0.182. The summed E-state index contributed by atoms with van der Waals surface area (Å²) in [5, 5.41) is 11.6.